The van der Waals surface area contributed by atoms with Gasteiger partial charge in [-0.15, -0.1) is 6.42 Å². The Morgan fingerprint density at radius 1 is 1.35 bits per heavy atom. The van der Waals surface area contributed by atoms with Crippen molar-refractivity contribution in [2.75, 3.05) is 30.9 Å². The fraction of sp³-hybridized carbons (Fsp3) is 0.600. The minimum absolute atomic E-state index is 0.00788. The van der Waals surface area contributed by atoms with Gasteiger partial charge in [0.15, 0.2) is 5.15 Å². The molecule has 11 heteroatoms. The van der Waals surface area contributed by atoms with Gasteiger partial charge in [-0.1, -0.05) is 17.5 Å². The van der Waals surface area contributed by atoms with Crippen molar-refractivity contribution in [2.24, 2.45) is 5.92 Å². The maximum atomic E-state index is 12.4. The third-order valence-electron chi connectivity index (χ3n) is 3.96. The van der Waals surface area contributed by atoms with Crippen LogP contribution in [0.15, 0.2) is 0 Å². The lowest BCUT2D eigenvalue weighted by atomic mass is 10.1. The molecule has 0 spiro atoms. The highest BCUT2D eigenvalue weighted by atomic mass is 35.5. The normalized spacial score (nSPS) is 25.8. The zero-order valence-corrected chi connectivity index (χ0v) is 14.5. The number of methoxy groups -OCH3 is 1. The molecule has 1 fully saturated rings. The second kappa shape index (κ2) is 8.26. The summed E-state index contributed by atoms with van der Waals surface area (Å²) in [6.45, 7) is -1.11. The fourth-order valence-electron chi connectivity index (χ4n) is 2.75. The summed E-state index contributed by atoms with van der Waals surface area (Å²) in [5, 5.41) is 24.9. The van der Waals surface area contributed by atoms with Crippen LogP contribution in [0.2, 0.25) is 5.15 Å². The Balaban J connectivity index is 2.22. The van der Waals surface area contributed by atoms with Crippen LogP contribution in [0.4, 0.5) is 24.9 Å². The summed E-state index contributed by atoms with van der Waals surface area (Å²) in [7, 11) is 1.47. The van der Waals surface area contributed by atoms with Crippen molar-refractivity contribution in [3.63, 3.8) is 0 Å². The molecule has 7 nitrogen and oxygen atoms in total. The lowest BCUT2D eigenvalue weighted by Crippen LogP contribution is -2.36. The monoisotopic (exact) mass is 394 g/mol. The summed E-state index contributed by atoms with van der Waals surface area (Å²) in [6, 6.07) is -0.640. The predicted molar refractivity (Wildman–Crippen MR) is 88.9 cm³/mol. The maximum absolute atomic E-state index is 12.4. The number of anilines is 2. The maximum Gasteiger partial charge on any atom is 0.405 e. The van der Waals surface area contributed by atoms with E-state index >= 15 is 0 Å². The van der Waals surface area contributed by atoms with Crippen LogP contribution in [-0.2, 0) is 4.74 Å². The molecule has 144 valence electrons. The summed E-state index contributed by atoms with van der Waals surface area (Å²) in [6.07, 6.45) is -0.919. The van der Waals surface area contributed by atoms with Crippen molar-refractivity contribution in [3.8, 4) is 12.3 Å². The van der Waals surface area contributed by atoms with Crippen molar-refractivity contribution in [1.82, 2.24) is 9.97 Å². The molecular formula is C15H18ClF3N4O3. The van der Waals surface area contributed by atoms with Crippen LogP contribution < -0.4 is 10.6 Å². The van der Waals surface area contributed by atoms with Crippen LogP contribution in [0.3, 0.4) is 0 Å². The first-order valence-corrected chi connectivity index (χ1v) is 8.00. The zero-order valence-electron chi connectivity index (χ0n) is 13.7. The summed E-state index contributed by atoms with van der Waals surface area (Å²) in [5.41, 5.74) is 0.0427. The van der Waals surface area contributed by atoms with Crippen molar-refractivity contribution in [2.45, 2.75) is 30.8 Å². The zero-order chi connectivity index (χ0) is 19.5. The molecule has 1 saturated carbocycles. The molecule has 1 aliphatic rings. The number of aliphatic hydroxyl groups excluding tert-OH is 2. The third-order valence-corrected chi connectivity index (χ3v) is 4.23. The van der Waals surface area contributed by atoms with Crippen molar-refractivity contribution < 1.29 is 28.1 Å². The van der Waals surface area contributed by atoms with Gasteiger partial charge >= 0.3 is 6.18 Å². The SMILES string of the molecule is C#Cc1c(Cl)nc(NCC(F)(F)F)nc1NC1CC(COC)C(O)C1O. The van der Waals surface area contributed by atoms with Gasteiger partial charge in [0.1, 0.15) is 24.0 Å². The van der Waals surface area contributed by atoms with E-state index < -0.39 is 31.0 Å². The van der Waals surface area contributed by atoms with Crippen LogP contribution in [0.5, 0.6) is 0 Å². The van der Waals surface area contributed by atoms with Crippen LogP contribution in [-0.4, -0.2) is 64.9 Å². The van der Waals surface area contributed by atoms with E-state index in [0.717, 1.165) is 0 Å². The Kier molecular flexibility index (Phi) is 6.52. The molecule has 1 heterocycles. The van der Waals surface area contributed by atoms with Gasteiger partial charge in [-0.05, 0) is 6.42 Å². The summed E-state index contributed by atoms with van der Waals surface area (Å²) >= 11 is 5.93. The van der Waals surface area contributed by atoms with Crippen LogP contribution in [0.1, 0.15) is 12.0 Å². The summed E-state index contributed by atoms with van der Waals surface area (Å²) < 4.78 is 42.1. The Morgan fingerprint density at radius 3 is 2.62 bits per heavy atom. The van der Waals surface area contributed by atoms with Gasteiger partial charge in [0.05, 0.1) is 18.8 Å². The highest BCUT2D eigenvalue weighted by Gasteiger charge is 2.41. The predicted octanol–water partition coefficient (Wildman–Crippen LogP) is 1.25. The molecule has 4 atom stereocenters. The quantitative estimate of drug-likeness (QED) is 0.426. The average molecular weight is 395 g/mol. The lowest BCUT2D eigenvalue weighted by Gasteiger charge is -2.20. The van der Waals surface area contributed by atoms with Crippen LogP contribution in [0, 0.1) is 18.3 Å². The van der Waals surface area contributed by atoms with Crippen LogP contribution in [0.25, 0.3) is 0 Å². The number of aliphatic hydroxyl groups is 2. The fourth-order valence-corrected chi connectivity index (χ4v) is 2.97. The number of halogens is 4. The third kappa shape index (κ3) is 4.88. The van der Waals surface area contributed by atoms with E-state index in [4.69, 9.17) is 22.8 Å². The Morgan fingerprint density at radius 2 is 2.04 bits per heavy atom. The van der Waals surface area contributed by atoms with Gasteiger partial charge < -0.3 is 25.6 Å². The second-order valence-corrected chi connectivity index (χ2v) is 6.22. The molecule has 2 rings (SSSR count). The highest BCUT2D eigenvalue weighted by molar-refractivity contribution is 6.31. The Hall–Kier alpha value is -1.80. The lowest BCUT2D eigenvalue weighted by molar-refractivity contribution is -0.115. The number of alkyl halides is 3. The molecule has 26 heavy (non-hydrogen) atoms. The van der Waals surface area contributed by atoms with Crippen molar-refractivity contribution in [1.29, 1.82) is 0 Å². The number of nitrogens with zero attached hydrogens (tertiary/aromatic N) is 2. The molecule has 1 aliphatic carbocycles. The smallest absolute Gasteiger partial charge is 0.390 e. The molecule has 0 saturated heterocycles. The van der Waals surface area contributed by atoms with E-state index in [2.05, 4.69) is 21.2 Å². The number of hydrogen-bond acceptors (Lipinski definition) is 7. The molecule has 0 amide bonds. The van der Waals surface area contributed by atoms with Gasteiger partial charge in [0.25, 0.3) is 0 Å². The standard InChI is InChI=1S/C15H18ClF3N4O3/c1-3-8-12(16)22-14(20-6-15(17,18)19)23-13(8)21-9-4-7(5-26-2)10(24)11(9)25/h1,7,9-11,24-25H,4-6H2,2H3,(H2,20,21,22,23). The minimum Gasteiger partial charge on any atom is -0.390 e. The molecule has 0 bridgehead atoms. The van der Waals surface area contributed by atoms with Gasteiger partial charge in [-0.3, -0.25) is 0 Å². The van der Waals surface area contributed by atoms with Gasteiger partial charge in [-0.2, -0.15) is 23.1 Å². The largest absolute Gasteiger partial charge is 0.405 e. The molecule has 4 unspecified atom stereocenters. The molecule has 1 aromatic heterocycles. The molecule has 4 N–H and O–H groups in total. The van der Waals surface area contributed by atoms with Crippen molar-refractivity contribution >= 4 is 23.4 Å². The number of nitrogens with one attached hydrogen (secondary N) is 2. The first-order chi connectivity index (χ1) is 12.2. The van der Waals surface area contributed by atoms with E-state index in [-0.39, 0.29) is 35.0 Å². The molecule has 0 radical (unpaired) electrons. The van der Waals surface area contributed by atoms with Gasteiger partial charge in [0, 0.05) is 13.0 Å². The number of rotatable bonds is 6. The first kappa shape index (κ1) is 20.5. The van der Waals surface area contributed by atoms with E-state index in [1.807, 2.05) is 5.32 Å². The minimum atomic E-state index is -4.46. The first-order valence-electron chi connectivity index (χ1n) is 7.62. The second-order valence-electron chi connectivity index (χ2n) is 5.86. The Labute approximate surface area is 152 Å². The van der Waals surface area contributed by atoms with E-state index in [1.54, 1.807) is 0 Å². The Bertz CT molecular complexity index is 683. The molecule has 1 aromatic rings. The summed E-state index contributed by atoms with van der Waals surface area (Å²) in [5.74, 6) is 1.57. The number of hydrogen-bond donors (Lipinski definition) is 4. The molecule has 0 aliphatic heterocycles. The van der Waals surface area contributed by atoms with E-state index in [9.17, 15) is 23.4 Å². The van der Waals surface area contributed by atoms with Crippen LogP contribution >= 0.6 is 11.6 Å². The van der Waals surface area contributed by atoms with E-state index in [0.29, 0.717) is 6.42 Å². The molecular weight excluding hydrogens is 377 g/mol. The number of ether oxygens (including phenoxy) is 1. The number of terminal acetylenes is 1. The topological polar surface area (TPSA) is 99.5 Å². The van der Waals surface area contributed by atoms with Crippen molar-refractivity contribution in [3.05, 3.63) is 10.7 Å². The highest BCUT2D eigenvalue weighted by Crippen LogP contribution is 2.31. The number of aromatic nitrogens is 2. The van der Waals surface area contributed by atoms with E-state index in [1.165, 1.54) is 7.11 Å². The van der Waals surface area contributed by atoms with Gasteiger partial charge in [0.2, 0.25) is 5.95 Å². The summed E-state index contributed by atoms with van der Waals surface area (Å²) in [4.78, 5) is 7.61. The average Bonchev–Trinajstić information content (AvgIpc) is 2.81. The van der Waals surface area contributed by atoms with Gasteiger partial charge in [-0.25, -0.2) is 0 Å². The molecule has 0 aromatic carbocycles.